The van der Waals surface area contributed by atoms with Crippen molar-refractivity contribution in [1.29, 1.82) is 5.26 Å². The van der Waals surface area contributed by atoms with Gasteiger partial charge in [-0.1, -0.05) is 86.6 Å². The second kappa shape index (κ2) is 13.0. The van der Waals surface area contributed by atoms with Crippen molar-refractivity contribution in [2.75, 3.05) is 44.2 Å². The molecule has 0 N–H and O–H groups in total. The zero-order valence-corrected chi connectivity index (χ0v) is 25.5. The van der Waals surface area contributed by atoms with E-state index in [1.807, 2.05) is 12.1 Å². The summed E-state index contributed by atoms with van der Waals surface area (Å²) in [5, 5.41) is 10.2. The summed E-state index contributed by atoms with van der Waals surface area (Å²) in [4.78, 5) is 9.99. The molecular formula is C37H41N5O. The van der Waals surface area contributed by atoms with Crippen LogP contribution >= 0.6 is 0 Å². The second-order valence-electron chi connectivity index (χ2n) is 12.0. The van der Waals surface area contributed by atoms with Crippen molar-refractivity contribution in [3.63, 3.8) is 0 Å². The molecule has 1 aliphatic heterocycles. The maximum atomic E-state index is 10.2. The lowest BCUT2D eigenvalue weighted by molar-refractivity contribution is 0.0586. The van der Waals surface area contributed by atoms with E-state index in [-0.39, 0.29) is 6.10 Å². The summed E-state index contributed by atoms with van der Waals surface area (Å²) >= 11 is 0. The minimum Gasteiger partial charge on any atom is -0.367 e. The van der Waals surface area contributed by atoms with Gasteiger partial charge in [0.05, 0.1) is 23.2 Å². The predicted octanol–water partition coefficient (Wildman–Crippen LogP) is 7.18. The SMILES string of the molecule is Cc1c(CCC(C)C)c(N2CCN(CCOC(c3ccccc3)c3ccccc3)CC2)n2c(nc3ccccc32)c1C#N. The number of hydrogen-bond donors (Lipinski definition) is 0. The summed E-state index contributed by atoms with van der Waals surface area (Å²) < 4.78 is 8.80. The first kappa shape index (κ1) is 28.9. The summed E-state index contributed by atoms with van der Waals surface area (Å²) in [5.41, 5.74) is 8.19. The standard InChI is InChI=1S/C37H41N5O/c1-27(2)18-19-31-28(3)32(26-38)36-39-33-16-10-11-17-34(33)42(36)37(31)41-22-20-40(21-23-41)24-25-43-35(29-12-6-4-7-13-29)30-14-8-5-9-15-30/h4-17,27,35H,18-25H2,1-3H3. The molecule has 6 rings (SSSR count). The molecule has 1 aliphatic rings. The van der Waals surface area contributed by atoms with Gasteiger partial charge in [-0.05, 0) is 60.1 Å². The lowest BCUT2D eigenvalue weighted by atomic mass is 9.96. The monoisotopic (exact) mass is 571 g/mol. The lowest BCUT2D eigenvalue weighted by Crippen LogP contribution is -2.48. The Kier molecular flexibility index (Phi) is 8.74. The van der Waals surface area contributed by atoms with Crippen molar-refractivity contribution < 1.29 is 4.74 Å². The predicted molar refractivity (Wildman–Crippen MR) is 175 cm³/mol. The molecule has 1 saturated heterocycles. The van der Waals surface area contributed by atoms with E-state index in [1.54, 1.807) is 0 Å². The lowest BCUT2D eigenvalue weighted by Gasteiger charge is -2.38. The van der Waals surface area contributed by atoms with Gasteiger partial charge in [0.2, 0.25) is 0 Å². The normalized spacial score (nSPS) is 14.3. The van der Waals surface area contributed by atoms with Gasteiger partial charge in [0.25, 0.3) is 0 Å². The number of fused-ring (bicyclic) bond motifs is 3. The van der Waals surface area contributed by atoms with E-state index in [9.17, 15) is 5.26 Å². The summed E-state index contributed by atoms with van der Waals surface area (Å²) in [6, 6.07) is 31.8. The zero-order chi connectivity index (χ0) is 29.8. The average molecular weight is 572 g/mol. The molecule has 0 spiro atoms. The molecule has 1 fully saturated rings. The number of piperazine rings is 1. The highest BCUT2D eigenvalue weighted by atomic mass is 16.5. The number of pyridine rings is 1. The molecule has 0 saturated carbocycles. The van der Waals surface area contributed by atoms with Crippen molar-refractivity contribution in [3.05, 3.63) is 113 Å². The molecule has 0 unspecified atom stereocenters. The Morgan fingerprint density at radius 3 is 2.12 bits per heavy atom. The van der Waals surface area contributed by atoms with E-state index in [1.165, 1.54) is 22.5 Å². The first-order chi connectivity index (χ1) is 21.0. The smallest absolute Gasteiger partial charge is 0.157 e. The molecule has 0 bridgehead atoms. The Hall–Kier alpha value is -4.18. The first-order valence-corrected chi connectivity index (χ1v) is 15.6. The van der Waals surface area contributed by atoms with E-state index >= 15 is 0 Å². The number of rotatable bonds is 10. The van der Waals surface area contributed by atoms with Crippen LogP contribution in [0.3, 0.4) is 0 Å². The molecule has 6 heteroatoms. The van der Waals surface area contributed by atoms with Gasteiger partial charge in [0, 0.05) is 32.7 Å². The molecule has 0 atom stereocenters. The Morgan fingerprint density at radius 2 is 1.49 bits per heavy atom. The summed E-state index contributed by atoms with van der Waals surface area (Å²) in [5.74, 6) is 1.80. The number of para-hydroxylation sites is 2. The van der Waals surface area contributed by atoms with Crippen LogP contribution in [-0.2, 0) is 11.2 Å². The molecule has 2 aromatic heterocycles. The fourth-order valence-corrected chi connectivity index (χ4v) is 6.35. The van der Waals surface area contributed by atoms with Crippen LogP contribution < -0.4 is 4.90 Å². The number of benzene rings is 3. The Bertz CT molecular complexity index is 1670. The van der Waals surface area contributed by atoms with E-state index in [0.29, 0.717) is 18.1 Å². The van der Waals surface area contributed by atoms with Gasteiger partial charge >= 0.3 is 0 Å². The molecular weight excluding hydrogens is 530 g/mol. The molecule has 5 aromatic rings. The quantitative estimate of drug-likeness (QED) is 0.178. The van der Waals surface area contributed by atoms with Crippen molar-refractivity contribution >= 4 is 22.5 Å². The van der Waals surface area contributed by atoms with Crippen molar-refractivity contribution in [3.8, 4) is 6.07 Å². The van der Waals surface area contributed by atoms with E-state index in [2.05, 4.69) is 114 Å². The highest BCUT2D eigenvalue weighted by Crippen LogP contribution is 2.35. The third kappa shape index (κ3) is 6.01. The van der Waals surface area contributed by atoms with Crippen molar-refractivity contribution in [1.82, 2.24) is 14.3 Å². The highest BCUT2D eigenvalue weighted by Gasteiger charge is 2.27. The highest BCUT2D eigenvalue weighted by molar-refractivity contribution is 5.86. The Labute approximate surface area is 255 Å². The minimum atomic E-state index is -0.0726. The topological polar surface area (TPSA) is 56.8 Å². The average Bonchev–Trinajstić information content (AvgIpc) is 3.42. The van der Waals surface area contributed by atoms with Crippen LogP contribution in [0.1, 0.15) is 54.2 Å². The van der Waals surface area contributed by atoms with Gasteiger partial charge < -0.3 is 9.64 Å². The Morgan fingerprint density at radius 1 is 0.860 bits per heavy atom. The van der Waals surface area contributed by atoms with Crippen LogP contribution in [0.5, 0.6) is 0 Å². The van der Waals surface area contributed by atoms with Crippen LogP contribution in [0.2, 0.25) is 0 Å². The molecule has 3 heterocycles. The molecule has 0 aliphatic carbocycles. The minimum absolute atomic E-state index is 0.0726. The molecule has 6 nitrogen and oxygen atoms in total. The number of nitriles is 1. The van der Waals surface area contributed by atoms with Gasteiger partial charge in [-0.2, -0.15) is 5.26 Å². The fourth-order valence-electron chi connectivity index (χ4n) is 6.35. The van der Waals surface area contributed by atoms with Crippen LogP contribution in [-0.4, -0.2) is 53.6 Å². The molecule has 220 valence electrons. The maximum absolute atomic E-state index is 10.2. The van der Waals surface area contributed by atoms with Crippen LogP contribution in [0.4, 0.5) is 5.82 Å². The van der Waals surface area contributed by atoms with Gasteiger partial charge in [-0.15, -0.1) is 0 Å². The van der Waals surface area contributed by atoms with Gasteiger partial charge in [0.15, 0.2) is 5.65 Å². The number of nitrogens with zero attached hydrogens (tertiary/aromatic N) is 5. The number of imidazole rings is 1. The number of hydrogen-bond acceptors (Lipinski definition) is 5. The van der Waals surface area contributed by atoms with Gasteiger partial charge in [-0.3, -0.25) is 9.30 Å². The third-order valence-corrected chi connectivity index (χ3v) is 8.75. The molecule has 3 aromatic carbocycles. The van der Waals surface area contributed by atoms with E-state index in [4.69, 9.17) is 9.72 Å². The number of ether oxygens (including phenoxy) is 1. The van der Waals surface area contributed by atoms with Crippen LogP contribution in [0, 0.1) is 24.2 Å². The molecule has 0 radical (unpaired) electrons. The summed E-state index contributed by atoms with van der Waals surface area (Å²) in [6.07, 6.45) is 1.96. The molecule has 0 amide bonds. The summed E-state index contributed by atoms with van der Waals surface area (Å²) in [6.45, 7) is 12.0. The first-order valence-electron chi connectivity index (χ1n) is 15.6. The maximum Gasteiger partial charge on any atom is 0.157 e. The number of aromatic nitrogens is 2. The fraction of sp³-hybridized carbons (Fsp3) is 0.351. The zero-order valence-electron chi connectivity index (χ0n) is 25.5. The van der Waals surface area contributed by atoms with E-state index < -0.39 is 0 Å². The summed E-state index contributed by atoms with van der Waals surface area (Å²) in [7, 11) is 0. The van der Waals surface area contributed by atoms with Crippen molar-refractivity contribution in [2.45, 2.75) is 39.7 Å². The second-order valence-corrected chi connectivity index (χ2v) is 12.0. The van der Waals surface area contributed by atoms with E-state index in [0.717, 1.165) is 67.8 Å². The Balaban J connectivity index is 1.22. The van der Waals surface area contributed by atoms with Crippen LogP contribution in [0.15, 0.2) is 84.9 Å². The van der Waals surface area contributed by atoms with Gasteiger partial charge in [0.1, 0.15) is 18.0 Å². The number of anilines is 1. The van der Waals surface area contributed by atoms with Crippen molar-refractivity contribution in [2.24, 2.45) is 5.92 Å². The molecule has 43 heavy (non-hydrogen) atoms. The van der Waals surface area contributed by atoms with Gasteiger partial charge in [-0.25, -0.2) is 4.98 Å². The largest absolute Gasteiger partial charge is 0.367 e. The third-order valence-electron chi connectivity index (χ3n) is 8.75. The van der Waals surface area contributed by atoms with Crippen LogP contribution in [0.25, 0.3) is 16.7 Å².